The van der Waals surface area contributed by atoms with Crippen LogP contribution < -0.4 is 15.5 Å². The Morgan fingerprint density at radius 1 is 1.18 bits per heavy atom. The number of nitrogens with zero attached hydrogens (tertiary/aromatic N) is 1. The molecule has 0 aliphatic heterocycles. The van der Waals surface area contributed by atoms with Gasteiger partial charge in [0.2, 0.25) is 0 Å². The summed E-state index contributed by atoms with van der Waals surface area (Å²) in [6.45, 7) is 4.65. The highest BCUT2D eigenvalue weighted by Crippen LogP contribution is 2.15. The van der Waals surface area contributed by atoms with Crippen LogP contribution in [0.2, 0.25) is 0 Å². The maximum absolute atomic E-state index is 5.39. The third-order valence-electron chi connectivity index (χ3n) is 2.98. The molecule has 0 radical (unpaired) electrons. The highest BCUT2D eigenvalue weighted by atomic mass is 32.1. The van der Waals surface area contributed by atoms with Gasteiger partial charge in [-0.2, -0.15) is 5.10 Å². The Kier molecular flexibility index (Phi) is 5.91. The van der Waals surface area contributed by atoms with E-state index in [0.717, 1.165) is 17.0 Å². The van der Waals surface area contributed by atoms with Crippen molar-refractivity contribution in [2.45, 2.75) is 13.8 Å². The zero-order chi connectivity index (χ0) is 15.8. The number of aryl methyl sites for hydroxylation is 1. The second kappa shape index (κ2) is 8.14. The van der Waals surface area contributed by atoms with Crippen LogP contribution in [0.25, 0.3) is 0 Å². The molecule has 2 aromatic rings. The molecule has 0 fully saturated rings. The summed E-state index contributed by atoms with van der Waals surface area (Å²) in [7, 11) is 0. The molecule has 0 spiro atoms. The quantitative estimate of drug-likeness (QED) is 0.502. The first kappa shape index (κ1) is 16.0. The number of anilines is 1. The smallest absolute Gasteiger partial charge is 0.191 e. The van der Waals surface area contributed by atoms with Crippen LogP contribution in [-0.2, 0) is 0 Å². The Morgan fingerprint density at radius 3 is 2.59 bits per heavy atom. The Bertz CT molecular complexity index is 653. The molecule has 0 atom stereocenters. The molecule has 22 heavy (non-hydrogen) atoms. The number of ether oxygens (including phenoxy) is 1. The molecule has 4 nitrogen and oxygen atoms in total. The molecule has 5 heteroatoms. The molecule has 0 saturated carbocycles. The van der Waals surface area contributed by atoms with Crippen LogP contribution in [0, 0.1) is 6.92 Å². The van der Waals surface area contributed by atoms with Crippen LogP contribution in [0.5, 0.6) is 5.75 Å². The molecule has 0 aliphatic rings. The number of benzene rings is 2. The average molecular weight is 313 g/mol. The molecule has 0 saturated heterocycles. The van der Waals surface area contributed by atoms with Crippen molar-refractivity contribution in [2.75, 3.05) is 11.9 Å². The highest BCUT2D eigenvalue weighted by Gasteiger charge is 1.98. The fraction of sp³-hybridized carbons (Fsp3) is 0.176. The van der Waals surface area contributed by atoms with E-state index in [2.05, 4.69) is 15.8 Å². The monoisotopic (exact) mass is 313 g/mol. The summed E-state index contributed by atoms with van der Waals surface area (Å²) < 4.78 is 5.39. The van der Waals surface area contributed by atoms with Crippen molar-refractivity contribution < 1.29 is 4.74 Å². The standard InChI is InChI=1S/C17H19N3OS/c1-3-21-16-10-8-15(9-11-16)19-17(22)20-18-12-14-7-5-4-6-13(14)2/h4-12H,3H2,1-2H3,(H2,19,20,22)/b18-12-. The Labute approximate surface area is 136 Å². The normalized spacial score (nSPS) is 10.5. The third kappa shape index (κ3) is 4.86. The Morgan fingerprint density at radius 2 is 1.91 bits per heavy atom. The summed E-state index contributed by atoms with van der Waals surface area (Å²) in [4.78, 5) is 0. The first-order valence-electron chi connectivity index (χ1n) is 7.07. The fourth-order valence-electron chi connectivity index (χ4n) is 1.85. The van der Waals surface area contributed by atoms with E-state index in [0.29, 0.717) is 11.7 Å². The zero-order valence-corrected chi connectivity index (χ0v) is 13.5. The van der Waals surface area contributed by atoms with Crippen LogP contribution in [0.15, 0.2) is 53.6 Å². The summed E-state index contributed by atoms with van der Waals surface area (Å²) in [5.41, 5.74) is 5.91. The van der Waals surface area contributed by atoms with E-state index in [1.54, 1.807) is 6.21 Å². The van der Waals surface area contributed by atoms with Gasteiger partial charge >= 0.3 is 0 Å². The molecule has 2 rings (SSSR count). The van der Waals surface area contributed by atoms with E-state index in [1.165, 1.54) is 5.56 Å². The lowest BCUT2D eigenvalue weighted by atomic mass is 10.1. The van der Waals surface area contributed by atoms with Gasteiger partial charge in [0.05, 0.1) is 12.8 Å². The summed E-state index contributed by atoms with van der Waals surface area (Å²) in [5, 5.41) is 7.64. The molecule has 0 amide bonds. The minimum absolute atomic E-state index is 0.439. The first-order chi connectivity index (χ1) is 10.7. The number of thiocarbonyl (C=S) groups is 1. The van der Waals surface area contributed by atoms with Gasteiger partial charge in [0.25, 0.3) is 0 Å². The number of rotatable bonds is 5. The van der Waals surface area contributed by atoms with Crippen molar-refractivity contribution in [1.82, 2.24) is 5.43 Å². The average Bonchev–Trinajstić information content (AvgIpc) is 2.51. The van der Waals surface area contributed by atoms with Gasteiger partial charge in [-0.05, 0) is 61.5 Å². The van der Waals surface area contributed by atoms with E-state index in [1.807, 2.05) is 62.4 Å². The van der Waals surface area contributed by atoms with Crippen LogP contribution >= 0.6 is 12.2 Å². The molecule has 114 valence electrons. The highest BCUT2D eigenvalue weighted by molar-refractivity contribution is 7.80. The van der Waals surface area contributed by atoms with E-state index in [4.69, 9.17) is 17.0 Å². The molecular weight excluding hydrogens is 294 g/mol. The van der Waals surface area contributed by atoms with Gasteiger partial charge in [0.15, 0.2) is 5.11 Å². The number of hydrogen-bond acceptors (Lipinski definition) is 3. The SMILES string of the molecule is CCOc1ccc(NC(=S)N/N=C\c2ccccc2C)cc1. The number of nitrogens with one attached hydrogen (secondary N) is 2. The Balaban J connectivity index is 1.86. The summed E-state index contributed by atoms with van der Waals surface area (Å²) in [5.74, 6) is 0.838. The van der Waals surface area contributed by atoms with Crippen LogP contribution in [0.1, 0.15) is 18.1 Å². The molecule has 0 bridgehead atoms. The second-order valence-electron chi connectivity index (χ2n) is 4.64. The third-order valence-corrected chi connectivity index (χ3v) is 3.17. The number of hydrogen-bond donors (Lipinski definition) is 2. The lowest BCUT2D eigenvalue weighted by Crippen LogP contribution is -2.23. The summed E-state index contributed by atoms with van der Waals surface area (Å²) in [6, 6.07) is 15.6. The topological polar surface area (TPSA) is 45.6 Å². The number of hydrazone groups is 1. The predicted molar refractivity (Wildman–Crippen MR) is 95.7 cm³/mol. The maximum Gasteiger partial charge on any atom is 0.191 e. The van der Waals surface area contributed by atoms with Gasteiger partial charge in [0.1, 0.15) is 5.75 Å². The Hall–Kier alpha value is -2.40. The molecule has 0 unspecified atom stereocenters. The van der Waals surface area contributed by atoms with Gasteiger partial charge in [-0.3, -0.25) is 5.43 Å². The van der Waals surface area contributed by atoms with Crippen LogP contribution in [0.3, 0.4) is 0 Å². The molecule has 0 aliphatic carbocycles. The van der Waals surface area contributed by atoms with Gasteiger partial charge in [-0.1, -0.05) is 24.3 Å². The molecule has 0 aromatic heterocycles. The van der Waals surface area contributed by atoms with Crippen molar-refractivity contribution in [3.05, 3.63) is 59.7 Å². The lowest BCUT2D eigenvalue weighted by Gasteiger charge is -2.08. The zero-order valence-electron chi connectivity index (χ0n) is 12.7. The maximum atomic E-state index is 5.39. The van der Waals surface area contributed by atoms with E-state index < -0.39 is 0 Å². The van der Waals surface area contributed by atoms with Crippen molar-refractivity contribution in [3.8, 4) is 5.75 Å². The molecule has 2 N–H and O–H groups in total. The largest absolute Gasteiger partial charge is 0.494 e. The van der Waals surface area contributed by atoms with Crippen molar-refractivity contribution in [1.29, 1.82) is 0 Å². The molecule has 2 aromatic carbocycles. The summed E-state index contributed by atoms with van der Waals surface area (Å²) >= 11 is 5.20. The lowest BCUT2D eigenvalue weighted by molar-refractivity contribution is 0.340. The van der Waals surface area contributed by atoms with E-state index in [9.17, 15) is 0 Å². The minimum Gasteiger partial charge on any atom is -0.494 e. The fourth-order valence-corrected chi connectivity index (χ4v) is 2.02. The second-order valence-corrected chi connectivity index (χ2v) is 5.05. The summed E-state index contributed by atoms with van der Waals surface area (Å²) in [6.07, 6.45) is 1.75. The van der Waals surface area contributed by atoms with Crippen molar-refractivity contribution in [3.63, 3.8) is 0 Å². The van der Waals surface area contributed by atoms with Gasteiger partial charge < -0.3 is 10.1 Å². The minimum atomic E-state index is 0.439. The predicted octanol–water partition coefficient (Wildman–Crippen LogP) is 3.71. The van der Waals surface area contributed by atoms with Gasteiger partial charge in [-0.15, -0.1) is 0 Å². The van der Waals surface area contributed by atoms with Gasteiger partial charge in [-0.25, -0.2) is 0 Å². The molecule has 0 heterocycles. The van der Waals surface area contributed by atoms with Crippen molar-refractivity contribution >= 4 is 29.2 Å². The first-order valence-corrected chi connectivity index (χ1v) is 7.48. The van der Waals surface area contributed by atoms with Crippen LogP contribution in [0.4, 0.5) is 5.69 Å². The molecular formula is C17H19N3OS. The van der Waals surface area contributed by atoms with Gasteiger partial charge in [0, 0.05) is 5.69 Å². The van der Waals surface area contributed by atoms with E-state index >= 15 is 0 Å². The van der Waals surface area contributed by atoms with Crippen molar-refractivity contribution in [2.24, 2.45) is 5.10 Å². The van der Waals surface area contributed by atoms with Crippen LogP contribution in [-0.4, -0.2) is 17.9 Å². The van der Waals surface area contributed by atoms with E-state index in [-0.39, 0.29) is 0 Å².